The summed E-state index contributed by atoms with van der Waals surface area (Å²) in [6.07, 6.45) is 1.56. The molecule has 1 heterocycles. The fourth-order valence-corrected chi connectivity index (χ4v) is 8.72. The summed E-state index contributed by atoms with van der Waals surface area (Å²) in [5.74, 6) is -56.6. The van der Waals surface area contributed by atoms with E-state index in [1.54, 1.807) is 0 Å². The molecular weight excluding hydrogens is 972 g/mol. The van der Waals surface area contributed by atoms with Gasteiger partial charge in [0, 0.05) is 13.0 Å². The van der Waals surface area contributed by atoms with Crippen LogP contribution in [0.5, 0.6) is 5.75 Å². The van der Waals surface area contributed by atoms with Crippen LogP contribution >= 0.6 is 0 Å². The molecule has 1 aliphatic heterocycles. The van der Waals surface area contributed by atoms with Crippen molar-refractivity contribution in [2.24, 2.45) is 0 Å². The van der Waals surface area contributed by atoms with E-state index in [1.807, 2.05) is 0 Å². The Labute approximate surface area is 388 Å². The molecule has 1 aromatic rings. The molecule has 0 amide bonds. The number of ether oxygens (including phenoxy) is 3. The van der Waals surface area contributed by atoms with Gasteiger partial charge in [-0.2, -0.15) is 74.6 Å². The van der Waals surface area contributed by atoms with Crippen molar-refractivity contribution in [2.45, 2.75) is 234 Å². The van der Waals surface area contributed by atoms with E-state index in [-0.39, 0.29) is 48.4 Å². The Balaban J connectivity index is 2.12. The molecule has 0 aliphatic carbocycles. The van der Waals surface area contributed by atoms with Gasteiger partial charge in [0.25, 0.3) is 0 Å². The Morgan fingerprint density at radius 3 is 1.50 bits per heavy atom. The van der Waals surface area contributed by atoms with E-state index in [1.165, 1.54) is 56.4 Å². The standard InChI is InChI=1S/C45H67F17O5Si/c1-7-8-9-10-11-12-13-14-15-16-19-33(34-25-26-35(66-34)36(20-17-28-63)67-68(5,6)37(2,3)4)65-30-31-21-23-32(24-22-31)64-29-18-27-38(46,47)39(48,49)40(50,51)41(52,53)42(54,55)43(56,57)44(58,59)45(60,61)62/h21-24,33-36,63H,7-20,25-30H2,1-6H3/t33-,34-,35-,36-/m1/s1. The zero-order chi connectivity index (χ0) is 52.3. The van der Waals surface area contributed by atoms with Gasteiger partial charge in [-0.25, -0.2) is 0 Å². The Morgan fingerprint density at radius 2 is 1.03 bits per heavy atom. The van der Waals surface area contributed by atoms with Gasteiger partial charge in [0.05, 0.1) is 37.6 Å². The van der Waals surface area contributed by atoms with Gasteiger partial charge >= 0.3 is 47.6 Å². The predicted octanol–water partition coefficient (Wildman–Crippen LogP) is 15.8. The highest BCUT2D eigenvalue weighted by molar-refractivity contribution is 6.74. The Kier molecular flexibility index (Phi) is 22.4. The summed E-state index contributed by atoms with van der Waals surface area (Å²) in [6.45, 7) is 11.9. The predicted molar refractivity (Wildman–Crippen MR) is 223 cm³/mol. The van der Waals surface area contributed by atoms with Crippen LogP contribution in [0.4, 0.5) is 74.6 Å². The van der Waals surface area contributed by atoms with Crippen LogP contribution in [-0.2, 0) is 20.5 Å². The number of aliphatic hydroxyl groups is 1. The van der Waals surface area contributed by atoms with E-state index in [0.717, 1.165) is 32.1 Å². The summed E-state index contributed by atoms with van der Waals surface area (Å²) in [6, 6.07) is 5.52. The molecule has 0 bridgehead atoms. The average Bonchev–Trinajstić information content (AvgIpc) is 3.72. The summed E-state index contributed by atoms with van der Waals surface area (Å²) in [5.41, 5.74) is 0.576. The topological polar surface area (TPSA) is 57.2 Å². The van der Waals surface area contributed by atoms with Gasteiger partial charge in [0.2, 0.25) is 0 Å². The number of aliphatic hydroxyl groups excluding tert-OH is 1. The number of hydrogen-bond donors (Lipinski definition) is 1. The first-order valence-electron chi connectivity index (χ1n) is 23.0. The van der Waals surface area contributed by atoms with Gasteiger partial charge < -0.3 is 23.7 Å². The lowest BCUT2D eigenvalue weighted by molar-refractivity contribution is -0.461. The molecule has 2 rings (SSSR count). The summed E-state index contributed by atoms with van der Waals surface area (Å²) in [5, 5.41) is 9.55. The first kappa shape index (κ1) is 62.0. The third kappa shape index (κ3) is 14.7. The third-order valence-corrected chi connectivity index (χ3v) is 17.2. The second-order valence-corrected chi connectivity index (χ2v) is 23.9. The Bertz CT molecular complexity index is 1620. The monoisotopic (exact) mass is 1040 g/mol. The Hall–Kier alpha value is -2.11. The number of rotatable bonds is 32. The number of hydrogen-bond acceptors (Lipinski definition) is 5. The molecule has 5 nitrogen and oxygen atoms in total. The molecule has 1 aliphatic rings. The molecular formula is C45H67F17O5Si. The molecule has 0 unspecified atom stereocenters. The molecule has 0 spiro atoms. The van der Waals surface area contributed by atoms with Crippen molar-refractivity contribution in [1.29, 1.82) is 0 Å². The van der Waals surface area contributed by atoms with E-state index >= 15 is 0 Å². The fourth-order valence-electron chi connectivity index (χ4n) is 7.34. The molecule has 0 saturated carbocycles. The van der Waals surface area contributed by atoms with Crippen LogP contribution < -0.4 is 4.74 Å². The highest BCUT2D eigenvalue weighted by Crippen LogP contribution is 2.64. The lowest BCUT2D eigenvalue weighted by atomic mass is 9.88. The average molecular weight is 1040 g/mol. The van der Waals surface area contributed by atoms with Crippen LogP contribution in [0.15, 0.2) is 24.3 Å². The molecule has 1 saturated heterocycles. The highest BCUT2D eigenvalue weighted by Gasteiger charge is 2.95. The van der Waals surface area contributed by atoms with Crippen LogP contribution in [0.3, 0.4) is 0 Å². The van der Waals surface area contributed by atoms with Gasteiger partial charge in [-0.1, -0.05) is 104 Å². The van der Waals surface area contributed by atoms with Crippen molar-refractivity contribution < 1.29 is 98.4 Å². The normalized spacial score (nSPS) is 18.6. The molecule has 1 fully saturated rings. The zero-order valence-corrected chi connectivity index (χ0v) is 40.3. The molecule has 4 atom stereocenters. The Morgan fingerprint density at radius 1 is 0.588 bits per heavy atom. The molecule has 0 radical (unpaired) electrons. The second kappa shape index (κ2) is 24.5. The van der Waals surface area contributed by atoms with Crippen molar-refractivity contribution in [3.63, 3.8) is 0 Å². The summed E-state index contributed by atoms with van der Waals surface area (Å²) in [7, 11) is -2.21. The molecule has 0 aromatic heterocycles. The SMILES string of the molecule is CCCCCCCCCCCC[C@@H](OCc1ccc(OCCCC(F)(F)C(F)(F)C(F)(F)C(F)(F)C(F)(F)C(F)(F)C(F)(F)C(F)(F)F)cc1)[C@H]1CC[C@H]([C@@H](CCCO)O[Si](C)(C)C(C)(C)C)O1. The third-order valence-electron chi connectivity index (χ3n) is 12.7. The summed E-state index contributed by atoms with van der Waals surface area (Å²) < 4.78 is 256. The first-order valence-corrected chi connectivity index (χ1v) is 25.9. The quantitative estimate of drug-likeness (QED) is 0.0443. The number of halogens is 17. The van der Waals surface area contributed by atoms with Crippen LogP contribution in [0.2, 0.25) is 18.1 Å². The number of alkyl halides is 17. The second-order valence-electron chi connectivity index (χ2n) is 19.1. The minimum atomic E-state index is -8.66. The molecule has 1 N–H and O–H groups in total. The van der Waals surface area contributed by atoms with Crippen molar-refractivity contribution in [3.8, 4) is 5.75 Å². The van der Waals surface area contributed by atoms with Crippen LogP contribution in [0, 0.1) is 0 Å². The molecule has 23 heteroatoms. The highest BCUT2D eigenvalue weighted by atomic mass is 28.4. The van der Waals surface area contributed by atoms with E-state index in [4.69, 9.17) is 18.6 Å². The van der Waals surface area contributed by atoms with Gasteiger partial charge in [0.1, 0.15) is 5.75 Å². The van der Waals surface area contributed by atoms with Crippen LogP contribution in [0.1, 0.15) is 142 Å². The lowest BCUT2D eigenvalue weighted by Gasteiger charge is -2.42. The van der Waals surface area contributed by atoms with E-state index in [9.17, 15) is 79.7 Å². The van der Waals surface area contributed by atoms with E-state index in [2.05, 4.69) is 40.8 Å². The lowest BCUT2D eigenvalue weighted by Crippen LogP contribution is -2.74. The molecule has 400 valence electrons. The fraction of sp³-hybridized carbons (Fsp3) is 0.867. The zero-order valence-electron chi connectivity index (χ0n) is 39.3. The summed E-state index contributed by atoms with van der Waals surface area (Å²) in [4.78, 5) is 0. The van der Waals surface area contributed by atoms with Gasteiger partial charge in [-0.05, 0) is 74.4 Å². The number of benzene rings is 1. The summed E-state index contributed by atoms with van der Waals surface area (Å²) >= 11 is 0. The van der Waals surface area contributed by atoms with Crippen LogP contribution in [-0.4, -0.2) is 98.7 Å². The maximum atomic E-state index is 14.4. The maximum absolute atomic E-state index is 14.4. The van der Waals surface area contributed by atoms with Crippen molar-refractivity contribution >= 4 is 8.32 Å². The number of unbranched alkanes of at least 4 members (excludes halogenated alkanes) is 9. The van der Waals surface area contributed by atoms with Crippen molar-refractivity contribution in [1.82, 2.24) is 0 Å². The van der Waals surface area contributed by atoms with Crippen molar-refractivity contribution in [2.75, 3.05) is 13.2 Å². The molecule has 1 aromatic carbocycles. The van der Waals surface area contributed by atoms with Gasteiger partial charge in [-0.3, -0.25) is 0 Å². The largest absolute Gasteiger partial charge is 0.494 e. The smallest absolute Gasteiger partial charge is 0.460 e. The van der Waals surface area contributed by atoms with Crippen molar-refractivity contribution in [3.05, 3.63) is 29.8 Å². The van der Waals surface area contributed by atoms with Gasteiger partial charge in [0.15, 0.2) is 8.32 Å². The van der Waals surface area contributed by atoms with E-state index < -0.39 is 75.4 Å². The van der Waals surface area contributed by atoms with Crippen LogP contribution in [0.25, 0.3) is 0 Å². The molecule has 68 heavy (non-hydrogen) atoms. The van der Waals surface area contributed by atoms with Gasteiger partial charge in [-0.15, -0.1) is 0 Å². The minimum Gasteiger partial charge on any atom is -0.494 e. The first-order chi connectivity index (χ1) is 31.0. The minimum absolute atomic E-state index is 0.00244. The van der Waals surface area contributed by atoms with E-state index in [0.29, 0.717) is 37.7 Å². The maximum Gasteiger partial charge on any atom is 0.460 e.